The van der Waals surface area contributed by atoms with Crippen LogP contribution < -0.4 is 16.0 Å². The number of esters is 1. The molecule has 0 aliphatic heterocycles. The Kier molecular flexibility index (Phi) is 8.02. The van der Waals surface area contributed by atoms with Gasteiger partial charge in [0.1, 0.15) is 0 Å². The molecule has 10 heteroatoms. The van der Waals surface area contributed by atoms with Gasteiger partial charge in [-0.05, 0) is 36.4 Å². The van der Waals surface area contributed by atoms with Gasteiger partial charge in [-0.2, -0.15) is 0 Å². The first-order valence-corrected chi connectivity index (χ1v) is 11.8. The standard InChI is InChI=1S/C28H27N5O5/c1-17(34)29-14-15-30-28(37)32-21-11-9-20(10-12-21)31-25(18-6-4-3-5-7-18)24-22-13-8-19(27(36)38-2)16-23(22)33-26(24)35/h3-13,16,33,35H,14-15H2,1-2H3,(H,29,34)(H2,30,32,37). The molecule has 194 valence electrons. The first kappa shape index (κ1) is 26.0. The van der Waals surface area contributed by atoms with Crippen LogP contribution in [0.4, 0.5) is 16.2 Å². The number of amides is 3. The van der Waals surface area contributed by atoms with Gasteiger partial charge in [-0.25, -0.2) is 14.6 Å². The summed E-state index contributed by atoms with van der Waals surface area (Å²) in [4.78, 5) is 42.7. The Bertz CT molecular complexity index is 1490. The van der Waals surface area contributed by atoms with Crippen molar-refractivity contribution in [2.75, 3.05) is 25.5 Å². The minimum absolute atomic E-state index is 0.0844. The van der Waals surface area contributed by atoms with Crippen LogP contribution in [0.25, 0.3) is 10.9 Å². The predicted octanol–water partition coefficient (Wildman–Crippen LogP) is 4.09. The maximum absolute atomic E-state index is 12.1. The van der Waals surface area contributed by atoms with Crippen molar-refractivity contribution >= 4 is 45.9 Å². The number of hydrogen-bond donors (Lipinski definition) is 5. The summed E-state index contributed by atoms with van der Waals surface area (Å²) in [6.07, 6.45) is 0. The summed E-state index contributed by atoms with van der Waals surface area (Å²) in [7, 11) is 1.31. The predicted molar refractivity (Wildman–Crippen MR) is 145 cm³/mol. The van der Waals surface area contributed by atoms with Gasteiger partial charge in [0.2, 0.25) is 5.91 Å². The van der Waals surface area contributed by atoms with Crippen molar-refractivity contribution in [1.29, 1.82) is 0 Å². The highest BCUT2D eigenvalue weighted by Crippen LogP contribution is 2.32. The van der Waals surface area contributed by atoms with E-state index in [9.17, 15) is 19.5 Å². The Labute approximate surface area is 218 Å². The van der Waals surface area contributed by atoms with Gasteiger partial charge in [0.05, 0.1) is 29.6 Å². The van der Waals surface area contributed by atoms with Crippen LogP contribution in [0.1, 0.15) is 28.4 Å². The number of hydrogen-bond acceptors (Lipinski definition) is 6. The summed E-state index contributed by atoms with van der Waals surface area (Å²) in [6, 6.07) is 20.9. The number of carbonyl (C=O) groups is 3. The van der Waals surface area contributed by atoms with E-state index in [0.29, 0.717) is 52.2 Å². The van der Waals surface area contributed by atoms with Crippen LogP contribution in [0.3, 0.4) is 0 Å². The van der Waals surface area contributed by atoms with Gasteiger partial charge < -0.3 is 30.8 Å². The summed E-state index contributed by atoms with van der Waals surface area (Å²) in [5.74, 6) is -0.724. The lowest BCUT2D eigenvalue weighted by Gasteiger charge is -2.10. The molecule has 10 nitrogen and oxygen atoms in total. The summed E-state index contributed by atoms with van der Waals surface area (Å²) in [5.41, 5.74) is 3.87. The first-order valence-electron chi connectivity index (χ1n) is 11.8. The van der Waals surface area contributed by atoms with Crippen LogP contribution in [0.5, 0.6) is 5.88 Å². The number of rotatable bonds is 8. The summed E-state index contributed by atoms with van der Waals surface area (Å²) in [5, 5.41) is 19.5. The maximum atomic E-state index is 12.1. The number of H-pyrrole nitrogens is 1. The fraction of sp³-hybridized carbons (Fsp3) is 0.143. The molecule has 0 aliphatic rings. The summed E-state index contributed by atoms with van der Waals surface area (Å²) in [6.45, 7) is 2.04. The molecule has 0 fully saturated rings. The van der Waals surface area contributed by atoms with Gasteiger partial charge in [-0.15, -0.1) is 0 Å². The van der Waals surface area contributed by atoms with Gasteiger partial charge in [0.15, 0.2) is 5.88 Å². The molecule has 4 aromatic rings. The quantitative estimate of drug-likeness (QED) is 0.137. The molecule has 38 heavy (non-hydrogen) atoms. The first-order chi connectivity index (χ1) is 18.4. The van der Waals surface area contributed by atoms with Crippen LogP contribution in [0.15, 0.2) is 77.8 Å². The average Bonchev–Trinajstić information content (AvgIpc) is 3.25. The number of carbonyl (C=O) groups excluding carboxylic acids is 3. The number of aromatic amines is 1. The largest absolute Gasteiger partial charge is 0.494 e. The number of anilines is 1. The molecule has 0 atom stereocenters. The van der Waals surface area contributed by atoms with E-state index in [1.165, 1.54) is 14.0 Å². The third kappa shape index (κ3) is 6.16. The number of fused-ring (bicyclic) bond motifs is 1. The molecule has 1 heterocycles. The van der Waals surface area contributed by atoms with Gasteiger partial charge >= 0.3 is 12.0 Å². The van der Waals surface area contributed by atoms with Gasteiger partial charge in [-0.1, -0.05) is 36.4 Å². The number of benzene rings is 3. The lowest BCUT2D eigenvalue weighted by molar-refractivity contribution is -0.118. The van der Waals surface area contributed by atoms with Crippen molar-refractivity contribution in [1.82, 2.24) is 15.6 Å². The fourth-order valence-electron chi connectivity index (χ4n) is 3.87. The lowest BCUT2D eigenvalue weighted by atomic mass is 10.00. The van der Waals surface area contributed by atoms with E-state index >= 15 is 0 Å². The van der Waals surface area contributed by atoms with Crippen LogP contribution in [0.2, 0.25) is 0 Å². The molecule has 0 bridgehead atoms. The van der Waals surface area contributed by atoms with Crippen LogP contribution in [0, 0.1) is 0 Å². The molecular formula is C28H27N5O5. The Morgan fingerprint density at radius 1 is 0.921 bits per heavy atom. The normalized spacial score (nSPS) is 11.2. The van der Waals surface area contributed by atoms with Crippen molar-refractivity contribution in [2.24, 2.45) is 4.99 Å². The topological polar surface area (TPSA) is 145 Å². The molecule has 0 unspecified atom stereocenters. The molecule has 5 N–H and O–H groups in total. The molecule has 0 radical (unpaired) electrons. The van der Waals surface area contributed by atoms with Crippen molar-refractivity contribution < 1.29 is 24.2 Å². The number of ether oxygens (including phenoxy) is 1. The van der Waals surface area contributed by atoms with E-state index in [2.05, 4.69) is 20.9 Å². The second-order valence-corrected chi connectivity index (χ2v) is 8.34. The maximum Gasteiger partial charge on any atom is 0.337 e. The zero-order chi connectivity index (χ0) is 27.1. The number of aromatic nitrogens is 1. The van der Waals surface area contributed by atoms with Crippen LogP contribution in [-0.2, 0) is 9.53 Å². The SMILES string of the molecule is COC(=O)c1ccc2c(C(=Nc3ccc(NC(=O)NCCNC(C)=O)cc3)c3ccccc3)c(O)[nH]c2c1. The fourth-order valence-corrected chi connectivity index (χ4v) is 3.87. The molecule has 0 saturated heterocycles. The molecular weight excluding hydrogens is 486 g/mol. The minimum Gasteiger partial charge on any atom is -0.494 e. The Hall–Kier alpha value is -5.12. The van der Waals surface area contributed by atoms with Gasteiger partial charge in [-0.3, -0.25) is 4.79 Å². The number of aliphatic imine (C=N–C) groups is 1. The summed E-state index contributed by atoms with van der Waals surface area (Å²) >= 11 is 0. The van der Waals surface area contributed by atoms with E-state index in [1.807, 2.05) is 30.3 Å². The highest BCUT2D eigenvalue weighted by atomic mass is 16.5. The highest BCUT2D eigenvalue weighted by molar-refractivity contribution is 6.22. The molecule has 1 aromatic heterocycles. The molecule has 4 rings (SSSR count). The monoisotopic (exact) mass is 513 g/mol. The number of methoxy groups -OCH3 is 1. The highest BCUT2D eigenvalue weighted by Gasteiger charge is 2.20. The van der Waals surface area contributed by atoms with E-state index < -0.39 is 12.0 Å². The Balaban J connectivity index is 1.62. The smallest absolute Gasteiger partial charge is 0.337 e. The number of urea groups is 1. The van der Waals surface area contributed by atoms with E-state index in [4.69, 9.17) is 9.73 Å². The summed E-state index contributed by atoms with van der Waals surface area (Å²) < 4.78 is 4.80. The average molecular weight is 514 g/mol. The third-order valence-corrected chi connectivity index (χ3v) is 5.63. The zero-order valence-electron chi connectivity index (χ0n) is 20.9. The Morgan fingerprint density at radius 2 is 1.63 bits per heavy atom. The molecule has 0 aliphatic carbocycles. The second kappa shape index (κ2) is 11.7. The van der Waals surface area contributed by atoms with Gasteiger partial charge in [0, 0.05) is 42.2 Å². The van der Waals surface area contributed by atoms with E-state index in [-0.39, 0.29) is 11.8 Å². The molecule has 0 saturated carbocycles. The van der Waals surface area contributed by atoms with Crippen LogP contribution >= 0.6 is 0 Å². The molecule has 0 spiro atoms. The van der Waals surface area contributed by atoms with Crippen molar-refractivity contribution in [2.45, 2.75) is 6.92 Å². The molecule has 3 aromatic carbocycles. The Morgan fingerprint density at radius 3 is 2.32 bits per heavy atom. The zero-order valence-corrected chi connectivity index (χ0v) is 20.9. The van der Waals surface area contributed by atoms with Crippen molar-refractivity contribution in [3.05, 3.63) is 89.5 Å². The minimum atomic E-state index is -0.477. The van der Waals surface area contributed by atoms with Crippen molar-refractivity contribution in [3.63, 3.8) is 0 Å². The number of aromatic hydroxyl groups is 1. The number of nitrogens with one attached hydrogen (secondary N) is 4. The van der Waals surface area contributed by atoms with Crippen LogP contribution in [-0.4, -0.2) is 53.9 Å². The van der Waals surface area contributed by atoms with E-state index in [0.717, 1.165) is 5.56 Å². The third-order valence-electron chi connectivity index (χ3n) is 5.63. The van der Waals surface area contributed by atoms with Crippen molar-refractivity contribution in [3.8, 4) is 5.88 Å². The van der Waals surface area contributed by atoms with E-state index in [1.54, 1.807) is 42.5 Å². The molecule has 3 amide bonds. The number of nitrogens with zero attached hydrogens (tertiary/aromatic N) is 1. The second-order valence-electron chi connectivity index (χ2n) is 8.34. The lowest BCUT2D eigenvalue weighted by Crippen LogP contribution is -2.36. The van der Waals surface area contributed by atoms with Gasteiger partial charge in [0.25, 0.3) is 0 Å².